The van der Waals surface area contributed by atoms with Gasteiger partial charge in [0, 0.05) is 23.3 Å². The van der Waals surface area contributed by atoms with E-state index in [1.807, 2.05) is 10.6 Å². The van der Waals surface area contributed by atoms with E-state index < -0.39 is 0 Å². The number of rotatable bonds is 7. The van der Waals surface area contributed by atoms with Crippen molar-refractivity contribution in [2.24, 2.45) is 0 Å². The Morgan fingerprint density at radius 1 is 1.07 bits per heavy atom. The Bertz CT molecular complexity index is 1090. The molecule has 1 heterocycles. The summed E-state index contributed by atoms with van der Waals surface area (Å²) >= 11 is 1.70. The van der Waals surface area contributed by atoms with Crippen LogP contribution in [0.3, 0.4) is 0 Å². The quantitative estimate of drug-likeness (QED) is 0.355. The number of aromatic nitrogens is 2. The Morgan fingerprint density at radius 3 is 2.53 bits per heavy atom. The molecule has 0 bridgehead atoms. The first kappa shape index (κ1) is 20.9. The molecule has 1 aliphatic rings. The lowest BCUT2D eigenvalue weighted by molar-refractivity contribution is 0.427. The van der Waals surface area contributed by atoms with Crippen molar-refractivity contribution in [3.05, 3.63) is 81.6 Å². The summed E-state index contributed by atoms with van der Waals surface area (Å²) in [4.78, 5) is 19.0. The fourth-order valence-corrected chi connectivity index (χ4v) is 5.25. The van der Waals surface area contributed by atoms with Crippen LogP contribution in [0.25, 0.3) is 11.3 Å². The van der Waals surface area contributed by atoms with E-state index in [1.165, 1.54) is 11.1 Å². The molecule has 1 atom stereocenters. The van der Waals surface area contributed by atoms with Crippen molar-refractivity contribution < 1.29 is 0 Å². The van der Waals surface area contributed by atoms with Crippen molar-refractivity contribution in [1.82, 2.24) is 9.55 Å². The molecule has 2 aromatic carbocycles. The Labute approximate surface area is 183 Å². The highest BCUT2D eigenvalue weighted by Gasteiger charge is 2.38. The largest absolute Gasteiger partial charge is 0.287 e. The van der Waals surface area contributed by atoms with Gasteiger partial charge in [-0.2, -0.15) is 0 Å². The third kappa shape index (κ3) is 3.85. The van der Waals surface area contributed by atoms with Crippen LogP contribution in [0.4, 0.5) is 0 Å². The zero-order valence-electron chi connectivity index (χ0n) is 18.1. The van der Waals surface area contributed by atoms with E-state index in [1.54, 1.807) is 11.8 Å². The molecule has 0 aliphatic heterocycles. The molecule has 0 amide bonds. The van der Waals surface area contributed by atoms with Crippen molar-refractivity contribution in [1.29, 1.82) is 0 Å². The molecule has 30 heavy (non-hydrogen) atoms. The maximum absolute atomic E-state index is 13.9. The van der Waals surface area contributed by atoms with Gasteiger partial charge >= 0.3 is 0 Å². The number of aryl methyl sites for hydroxylation is 1. The first-order chi connectivity index (χ1) is 14.6. The van der Waals surface area contributed by atoms with Crippen LogP contribution in [0.2, 0.25) is 0 Å². The minimum absolute atomic E-state index is 0.147. The van der Waals surface area contributed by atoms with Gasteiger partial charge in [0.05, 0.1) is 11.3 Å². The summed E-state index contributed by atoms with van der Waals surface area (Å²) in [5.74, 6) is 0.962. The lowest BCUT2D eigenvalue weighted by Gasteiger charge is -2.36. The molecule has 0 saturated carbocycles. The van der Waals surface area contributed by atoms with Crippen molar-refractivity contribution in [3.8, 4) is 11.3 Å². The zero-order chi connectivity index (χ0) is 21.1. The van der Waals surface area contributed by atoms with Gasteiger partial charge in [-0.25, -0.2) is 4.98 Å². The van der Waals surface area contributed by atoms with E-state index in [4.69, 9.17) is 4.98 Å². The SMILES string of the molecule is CCCSc1nc2c(c(=O)n1CCc1ccccc1)[C@@](C)(CC)Cc1ccccc1-2. The van der Waals surface area contributed by atoms with Crippen molar-refractivity contribution in [2.45, 2.75) is 63.6 Å². The smallest absolute Gasteiger partial charge is 0.258 e. The van der Waals surface area contributed by atoms with Crippen LogP contribution in [-0.2, 0) is 24.8 Å². The molecular formula is C26H30N2OS. The molecule has 156 valence electrons. The third-order valence-electron chi connectivity index (χ3n) is 6.27. The highest BCUT2D eigenvalue weighted by molar-refractivity contribution is 7.99. The van der Waals surface area contributed by atoms with Gasteiger partial charge in [-0.15, -0.1) is 0 Å². The Balaban J connectivity index is 1.87. The molecule has 0 saturated heterocycles. The van der Waals surface area contributed by atoms with E-state index in [0.29, 0.717) is 6.54 Å². The molecule has 3 nitrogen and oxygen atoms in total. The topological polar surface area (TPSA) is 34.9 Å². The monoisotopic (exact) mass is 418 g/mol. The first-order valence-electron chi connectivity index (χ1n) is 11.0. The van der Waals surface area contributed by atoms with Crippen LogP contribution in [0.15, 0.2) is 64.5 Å². The molecule has 1 aliphatic carbocycles. The summed E-state index contributed by atoms with van der Waals surface area (Å²) in [6, 6.07) is 18.9. The van der Waals surface area contributed by atoms with Crippen molar-refractivity contribution in [2.75, 3.05) is 5.75 Å². The normalized spacial score (nSPS) is 17.4. The number of fused-ring (bicyclic) bond motifs is 3. The second-order valence-corrected chi connectivity index (χ2v) is 9.47. The molecule has 1 aromatic heterocycles. The summed E-state index contributed by atoms with van der Waals surface area (Å²) in [5, 5.41) is 0.853. The van der Waals surface area contributed by atoms with Gasteiger partial charge in [0.1, 0.15) is 0 Å². The van der Waals surface area contributed by atoms with Crippen LogP contribution >= 0.6 is 11.8 Å². The van der Waals surface area contributed by atoms with Crippen LogP contribution in [-0.4, -0.2) is 15.3 Å². The summed E-state index contributed by atoms with van der Waals surface area (Å²) in [6.07, 6.45) is 3.70. The number of benzene rings is 2. The van der Waals surface area contributed by atoms with Gasteiger partial charge < -0.3 is 0 Å². The predicted molar refractivity (Wildman–Crippen MR) is 126 cm³/mol. The molecule has 4 heteroatoms. The highest BCUT2D eigenvalue weighted by atomic mass is 32.2. The van der Waals surface area contributed by atoms with Crippen molar-refractivity contribution in [3.63, 3.8) is 0 Å². The number of hydrogen-bond acceptors (Lipinski definition) is 3. The Kier molecular flexibility index (Phi) is 6.14. The molecule has 0 radical (unpaired) electrons. The van der Waals surface area contributed by atoms with Crippen LogP contribution in [0.5, 0.6) is 0 Å². The number of hydrogen-bond donors (Lipinski definition) is 0. The maximum atomic E-state index is 13.9. The van der Waals surface area contributed by atoms with E-state index in [2.05, 4.69) is 69.3 Å². The van der Waals surface area contributed by atoms with Crippen LogP contribution in [0, 0.1) is 0 Å². The molecule has 4 rings (SSSR count). The molecule has 0 unspecified atom stereocenters. The lowest BCUT2D eigenvalue weighted by Crippen LogP contribution is -2.40. The maximum Gasteiger partial charge on any atom is 0.258 e. The van der Waals surface area contributed by atoms with Gasteiger partial charge in [-0.05, 0) is 36.8 Å². The van der Waals surface area contributed by atoms with Gasteiger partial charge in [-0.3, -0.25) is 9.36 Å². The number of nitrogens with zero attached hydrogens (tertiary/aromatic N) is 2. The Hall–Kier alpha value is -2.33. The second kappa shape index (κ2) is 8.81. The minimum atomic E-state index is -0.184. The average Bonchev–Trinajstić information content (AvgIpc) is 2.77. The fourth-order valence-electron chi connectivity index (χ4n) is 4.38. The summed E-state index contributed by atoms with van der Waals surface area (Å²) in [5.41, 5.74) is 5.44. The molecular weight excluding hydrogens is 388 g/mol. The van der Waals surface area contributed by atoms with Crippen LogP contribution < -0.4 is 5.56 Å². The van der Waals surface area contributed by atoms with Crippen molar-refractivity contribution >= 4 is 11.8 Å². The summed E-state index contributed by atoms with van der Waals surface area (Å²) < 4.78 is 1.94. The van der Waals surface area contributed by atoms with Gasteiger partial charge in [0.15, 0.2) is 5.16 Å². The predicted octanol–water partition coefficient (Wildman–Crippen LogP) is 5.88. The van der Waals surface area contributed by atoms with E-state index in [-0.39, 0.29) is 11.0 Å². The second-order valence-electron chi connectivity index (χ2n) is 8.41. The lowest BCUT2D eigenvalue weighted by atomic mass is 9.69. The summed E-state index contributed by atoms with van der Waals surface area (Å²) in [6.45, 7) is 7.24. The Morgan fingerprint density at radius 2 is 1.80 bits per heavy atom. The highest BCUT2D eigenvalue weighted by Crippen LogP contribution is 2.42. The van der Waals surface area contributed by atoms with E-state index >= 15 is 0 Å². The molecule has 0 fully saturated rings. The third-order valence-corrected chi connectivity index (χ3v) is 7.46. The van der Waals surface area contributed by atoms with E-state index in [0.717, 1.165) is 53.4 Å². The van der Waals surface area contributed by atoms with Gasteiger partial charge in [-0.1, -0.05) is 87.1 Å². The van der Waals surface area contributed by atoms with Crippen LogP contribution in [0.1, 0.15) is 50.3 Å². The number of thioether (sulfide) groups is 1. The fraction of sp³-hybridized carbons (Fsp3) is 0.385. The molecule has 0 N–H and O–H groups in total. The molecule has 3 aromatic rings. The van der Waals surface area contributed by atoms with E-state index in [9.17, 15) is 4.79 Å². The average molecular weight is 419 g/mol. The first-order valence-corrected chi connectivity index (χ1v) is 12.0. The molecule has 0 spiro atoms. The van der Waals surface area contributed by atoms with Gasteiger partial charge in [0.25, 0.3) is 5.56 Å². The minimum Gasteiger partial charge on any atom is -0.287 e. The summed E-state index contributed by atoms with van der Waals surface area (Å²) in [7, 11) is 0. The van der Waals surface area contributed by atoms with Gasteiger partial charge in [0.2, 0.25) is 0 Å². The zero-order valence-corrected chi connectivity index (χ0v) is 19.0. The standard InChI is InChI=1S/C26H30N2OS/c1-4-17-30-25-27-23-21-14-10-9-13-20(21)18-26(3,5-2)22(23)24(29)28(25)16-15-19-11-7-6-8-12-19/h6-14H,4-5,15-18H2,1-3H3/t26-/m0/s1.